The van der Waals surface area contributed by atoms with Crippen molar-refractivity contribution in [1.82, 2.24) is 4.57 Å². The number of hydrogen-bond acceptors (Lipinski definition) is 3. The molecule has 0 saturated carbocycles. The van der Waals surface area contributed by atoms with Gasteiger partial charge in [-0.2, -0.15) is 0 Å². The molecule has 0 radical (unpaired) electrons. The molecule has 0 amide bonds. The van der Waals surface area contributed by atoms with E-state index in [9.17, 15) is 9.59 Å². The molecule has 1 heterocycles. The molecule has 4 nitrogen and oxygen atoms in total. The van der Waals surface area contributed by atoms with Crippen LogP contribution in [0.5, 0.6) is 0 Å². The number of nitrogens with zero attached hydrogens (tertiary/aromatic N) is 1. The molecule has 0 N–H and O–H groups in total. The minimum Gasteiger partial charge on any atom is -0.385 e. The predicted molar refractivity (Wildman–Crippen MR) is 57.2 cm³/mol. The molecule has 0 saturated heterocycles. The van der Waals surface area contributed by atoms with Crippen LogP contribution in [0.15, 0.2) is 23.1 Å². The summed E-state index contributed by atoms with van der Waals surface area (Å²) >= 11 is 0. The summed E-state index contributed by atoms with van der Waals surface area (Å²) in [5.74, 6) is -0.193. The van der Waals surface area contributed by atoms with Crippen molar-refractivity contribution in [3.05, 3.63) is 34.2 Å². The molecule has 15 heavy (non-hydrogen) atoms. The van der Waals surface area contributed by atoms with Crippen molar-refractivity contribution in [3.8, 4) is 0 Å². The first-order valence-corrected chi connectivity index (χ1v) is 4.86. The first-order valence-electron chi connectivity index (χ1n) is 4.86. The van der Waals surface area contributed by atoms with Gasteiger partial charge in [0.1, 0.15) is 0 Å². The highest BCUT2D eigenvalue weighted by atomic mass is 16.5. The number of rotatable bonds is 5. The fourth-order valence-corrected chi connectivity index (χ4v) is 1.36. The second-order valence-corrected chi connectivity index (χ2v) is 3.32. The number of hydrogen-bond donors (Lipinski definition) is 0. The Morgan fingerprint density at radius 1 is 1.53 bits per heavy atom. The topological polar surface area (TPSA) is 48.3 Å². The first kappa shape index (κ1) is 11.7. The van der Waals surface area contributed by atoms with Crippen LogP contribution in [0, 0.1) is 0 Å². The Balaban J connectivity index is 2.85. The summed E-state index contributed by atoms with van der Waals surface area (Å²) < 4.78 is 6.44. The maximum Gasteiger partial charge on any atom is 0.261 e. The lowest BCUT2D eigenvalue weighted by Gasteiger charge is -2.05. The Bertz CT molecular complexity index is 395. The van der Waals surface area contributed by atoms with Crippen LogP contribution in [0.3, 0.4) is 0 Å². The Morgan fingerprint density at radius 3 is 2.87 bits per heavy atom. The fraction of sp³-hybridized carbons (Fsp3) is 0.455. The zero-order valence-corrected chi connectivity index (χ0v) is 9.03. The highest BCUT2D eigenvalue weighted by Crippen LogP contribution is 1.94. The Hall–Kier alpha value is -1.42. The van der Waals surface area contributed by atoms with Crippen molar-refractivity contribution in [2.45, 2.75) is 19.9 Å². The summed E-state index contributed by atoms with van der Waals surface area (Å²) in [4.78, 5) is 22.8. The van der Waals surface area contributed by atoms with Crippen LogP contribution in [0.25, 0.3) is 0 Å². The molecule has 0 aliphatic heterocycles. The van der Waals surface area contributed by atoms with Crippen LogP contribution in [0.4, 0.5) is 0 Å². The van der Waals surface area contributed by atoms with E-state index in [2.05, 4.69) is 0 Å². The first-order chi connectivity index (χ1) is 7.16. The summed E-state index contributed by atoms with van der Waals surface area (Å²) in [6.45, 7) is 2.58. The highest BCUT2D eigenvalue weighted by Gasteiger charge is 2.06. The van der Waals surface area contributed by atoms with Crippen LogP contribution >= 0.6 is 0 Å². The average molecular weight is 209 g/mol. The Labute approximate surface area is 88.5 Å². The van der Waals surface area contributed by atoms with E-state index in [4.69, 9.17) is 4.74 Å². The normalized spacial score (nSPS) is 10.3. The van der Waals surface area contributed by atoms with Crippen LogP contribution in [0.1, 0.15) is 23.7 Å². The number of pyridine rings is 1. The largest absolute Gasteiger partial charge is 0.385 e. The van der Waals surface area contributed by atoms with Crippen LogP contribution < -0.4 is 5.56 Å². The van der Waals surface area contributed by atoms with Gasteiger partial charge in [-0.1, -0.05) is 0 Å². The molecule has 0 aromatic carbocycles. The number of carbonyl (C=O) groups excluding carboxylic acids is 1. The quantitative estimate of drug-likeness (QED) is 0.538. The molecular formula is C11H15NO3. The Kier molecular flexibility index (Phi) is 4.24. The molecule has 0 aliphatic carbocycles. The molecule has 0 aliphatic rings. The predicted octanol–water partition coefficient (Wildman–Crippen LogP) is 1.09. The fourth-order valence-electron chi connectivity index (χ4n) is 1.36. The number of ketones is 1. The van der Waals surface area contributed by atoms with E-state index >= 15 is 0 Å². The molecule has 1 rings (SSSR count). The molecule has 0 atom stereocenters. The van der Waals surface area contributed by atoms with Gasteiger partial charge < -0.3 is 9.30 Å². The monoisotopic (exact) mass is 209 g/mol. The van der Waals surface area contributed by atoms with E-state index in [-0.39, 0.29) is 16.9 Å². The third-order valence-electron chi connectivity index (χ3n) is 2.15. The minimum atomic E-state index is -0.221. The lowest BCUT2D eigenvalue weighted by Crippen LogP contribution is -2.25. The maximum absolute atomic E-state index is 11.7. The second-order valence-electron chi connectivity index (χ2n) is 3.32. The zero-order valence-electron chi connectivity index (χ0n) is 9.03. The molecule has 0 unspecified atom stereocenters. The lowest BCUT2D eigenvalue weighted by molar-refractivity contribution is 0.101. The molecule has 1 aromatic heterocycles. The number of Topliss-reactive ketones (excluding diaryl/α,β-unsaturated/α-hetero) is 1. The lowest BCUT2D eigenvalue weighted by atomic mass is 10.2. The third-order valence-corrected chi connectivity index (χ3v) is 2.15. The van der Waals surface area contributed by atoms with E-state index in [1.54, 1.807) is 25.4 Å². The van der Waals surface area contributed by atoms with Crippen LogP contribution in [0.2, 0.25) is 0 Å². The van der Waals surface area contributed by atoms with Crippen LogP contribution in [-0.2, 0) is 11.3 Å². The van der Waals surface area contributed by atoms with Crippen molar-refractivity contribution in [1.29, 1.82) is 0 Å². The molecule has 1 aromatic rings. The van der Waals surface area contributed by atoms with E-state index < -0.39 is 0 Å². The van der Waals surface area contributed by atoms with Gasteiger partial charge in [-0.3, -0.25) is 9.59 Å². The Morgan fingerprint density at radius 2 is 2.27 bits per heavy atom. The molecule has 4 heteroatoms. The van der Waals surface area contributed by atoms with Gasteiger partial charge in [0.25, 0.3) is 5.56 Å². The van der Waals surface area contributed by atoms with Crippen molar-refractivity contribution in [2.24, 2.45) is 0 Å². The summed E-state index contributed by atoms with van der Waals surface area (Å²) in [5.41, 5.74) is 0.0241. The molecule has 0 bridgehead atoms. The minimum absolute atomic E-state index is 0.193. The van der Waals surface area contributed by atoms with Gasteiger partial charge in [0.15, 0.2) is 5.78 Å². The van der Waals surface area contributed by atoms with Gasteiger partial charge in [0, 0.05) is 26.5 Å². The van der Waals surface area contributed by atoms with Crippen molar-refractivity contribution in [2.75, 3.05) is 13.7 Å². The van der Waals surface area contributed by atoms with Crippen molar-refractivity contribution < 1.29 is 9.53 Å². The number of carbonyl (C=O) groups is 1. The average Bonchev–Trinajstić information content (AvgIpc) is 2.20. The standard InChI is InChI=1S/C11H15NO3/c1-9(13)10-5-3-6-12(11(10)14)7-4-8-15-2/h3,5-6H,4,7-8H2,1-2H3. The number of aromatic nitrogens is 1. The van der Waals surface area contributed by atoms with E-state index in [0.717, 1.165) is 6.42 Å². The highest BCUT2D eigenvalue weighted by molar-refractivity contribution is 5.93. The summed E-state index contributed by atoms with van der Waals surface area (Å²) in [7, 11) is 1.62. The SMILES string of the molecule is COCCCn1cccc(C(C)=O)c1=O. The number of aryl methyl sites for hydroxylation is 1. The van der Waals surface area contributed by atoms with Gasteiger partial charge in [0.05, 0.1) is 5.56 Å². The van der Waals surface area contributed by atoms with E-state index in [0.29, 0.717) is 13.2 Å². The van der Waals surface area contributed by atoms with Gasteiger partial charge in [0.2, 0.25) is 0 Å². The summed E-state index contributed by atoms with van der Waals surface area (Å²) in [5, 5.41) is 0. The van der Waals surface area contributed by atoms with Gasteiger partial charge in [-0.15, -0.1) is 0 Å². The number of methoxy groups -OCH3 is 1. The molecule has 0 spiro atoms. The molecular weight excluding hydrogens is 194 g/mol. The summed E-state index contributed by atoms with van der Waals surface area (Å²) in [6.07, 6.45) is 2.45. The van der Waals surface area contributed by atoms with Crippen LogP contribution in [-0.4, -0.2) is 24.1 Å². The zero-order chi connectivity index (χ0) is 11.3. The molecule has 0 fully saturated rings. The molecule has 82 valence electrons. The van der Waals surface area contributed by atoms with E-state index in [1.807, 2.05) is 0 Å². The van der Waals surface area contributed by atoms with Gasteiger partial charge in [-0.25, -0.2) is 0 Å². The van der Waals surface area contributed by atoms with Gasteiger partial charge >= 0.3 is 0 Å². The number of ether oxygens (including phenoxy) is 1. The van der Waals surface area contributed by atoms with E-state index in [1.165, 1.54) is 11.5 Å². The smallest absolute Gasteiger partial charge is 0.261 e. The summed E-state index contributed by atoms with van der Waals surface area (Å²) in [6, 6.07) is 3.27. The third kappa shape index (κ3) is 3.02. The van der Waals surface area contributed by atoms with Gasteiger partial charge in [-0.05, 0) is 25.5 Å². The van der Waals surface area contributed by atoms with Crippen molar-refractivity contribution >= 4 is 5.78 Å². The maximum atomic E-state index is 11.7. The second kappa shape index (κ2) is 5.46. The van der Waals surface area contributed by atoms with Crippen molar-refractivity contribution in [3.63, 3.8) is 0 Å².